The molecule has 0 amide bonds. The SMILES string of the molecule is CC1CCC(C)C(C)C1.CC1CCCCC1C. The summed E-state index contributed by atoms with van der Waals surface area (Å²) in [7, 11) is 0. The zero-order valence-electron chi connectivity index (χ0n) is 12.8. The highest BCUT2D eigenvalue weighted by Crippen LogP contribution is 2.32. The van der Waals surface area contributed by atoms with E-state index in [0.29, 0.717) is 0 Å². The second-order valence-electron chi connectivity index (χ2n) is 7.11. The first-order valence-electron chi connectivity index (χ1n) is 8.00. The van der Waals surface area contributed by atoms with Crippen molar-refractivity contribution in [2.24, 2.45) is 29.6 Å². The van der Waals surface area contributed by atoms with Crippen LogP contribution in [0.25, 0.3) is 0 Å². The summed E-state index contributed by atoms with van der Waals surface area (Å²) < 4.78 is 0. The molecule has 0 N–H and O–H groups in total. The Hall–Kier alpha value is 0. The van der Waals surface area contributed by atoms with Gasteiger partial charge in [-0.05, 0) is 36.0 Å². The van der Waals surface area contributed by atoms with Crippen LogP contribution in [0.2, 0.25) is 0 Å². The molecule has 17 heavy (non-hydrogen) atoms. The average Bonchev–Trinajstić information content (AvgIpc) is 2.29. The minimum Gasteiger partial charge on any atom is -0.0625 e. The van der Waals surface area contributed by atoms with Gasteiger partial charge in [-0.2, -0.15) is 0 Å². The van der Waals surface area contributed by atoms with Crippen LogP contribution < -0.4 is 0 Å². The predicted molar refractivity (Wildman–Crippen MR) is 78.1 cm³/mol. The van der Waals surface area contributed by atoms with Gasteiger partial charge in [-0.25, -0.2) is 0 Å². The van der Waals surface area contributed by atoms with Gasteiger partial charge >= 0.3 is 0 Å². The second-order valence-corrected chi connectivity index (χ2v) is 7.11. The number of hydrogen-bond acceptors (Lipinski definition) is 0. The van der Waals surface area contributed by atoms with Gasteiger partial charge in [0, 0.05) is 0 Å². The molecule has 0 heteroatoms. The van der Waals surface area contributed by atoms with Crippen LogP contribution in [0.4, 0.5) is 0 Å². The lowest BCUT2D eigenvalue weighted by atomic mass is 9.77. The van der Waals surface area contributed by atoms with Crippen LogP contribution in [-0.4, -0.2) is 0 Å². The van der Waals surface area contributed by atoms with E-state index in [4.69, 9.17) is 0 Å². The Bertz CT molecular complexity index is 186. The predicted octanol–water partition coefficient (Wildman–Crippen LogP) is 5.91. The number of rotatable bonds is 0. The lowest BCUT2D eigenvalue weighted by molar-refractivity contribution is 0.220. The molecule has 102 valence electrons. The Kier molecular flexibility index (Phi) is 6.59. The summed E-state index contributed by atoms with van der Waals surface area (Å²) in [4.78, 5) is 0. The summed E-state index contributed by atoms with van der Waals surface area (Å²) in [5.41, 5.74) is 0. The van der Waals surface area contributed by atoms with Crippen LogP contribution in [0.1, 0.15) is 79.6 Å². The lowest BCUT2D eigenvalue weighted by Crippen LogP contribution is -2.18. The van der Waals surface area contributed by atoms with Crippen molar-refractivity contribution in [3.05, 3.63) is 0 Å². The molecule has 2 fully saturated rings. The standard InChI is InChI=1S/C9H18.C8H16/c1-7-4-5-8(2)9(3)6-7;1-7-5-3-4-6-8(7)2/h7-9H,4-6H2,1-3H3;7-8H,3-6H2,1-2H3. The average molecular weight is 238 g/mol. The molecule has 0 spiro atoms. The molecule has 5 unspecified atom stereocenters. The molecule has 0 saturated heterocycles. The molecule has 0 nitrogen and oxygen atoms in total. The molecule has 0 aromatic heterocycles. The molecular formula is C17H34. The van der Waals surface area contributed by atoms with Crippen molar-refractivity contribution in [2.45, 2.75) is 79.6 Å². The van der Waals surface area contributed by atoms with E-state index in [-0.39, 0.29) is 0 Å². The van der Waals surface area contributed by atoms with Crippen LogP contribution >= 0.6 is 0 Å². The van der Waals surface area contributed by atoms with Gasteiger partial charge in [0.1, 0.15) is 0 Å². The van der Waals surface area contributed by atoms with E-state index in [0.717, 1.165) is 29.6 Å². The van der Waals surface area contributed by atoms with E-state index in [2.05, 4.69) is 34.6 Å². The molecule has 2 aliphatic carbocycles. The second kappa shape index (κ2) is 7.44. The first-order valence-corrected chi connectivity index (χ1v) is 8.00. The van der Waals surface area contributed by atoms with Crippen LogP contribution in [0.3, 0.4) is 0 Å². The Labute approximate surface area is 110 Å². The molecular weight excluding hydrogens is 204 g/mol. The van der Waals surface area contributed by atoms with Crippen molar-refractivity contribution in [1.29, 1.82) is 0 Å². The largest absolute Gasteiger partial charge is 0.0625 e. The zero-order chi connectivity index (χ0) is 12.8. The quantitative estimate of drug-likeness (QED) is 0.492. The molecule has 0 aromatic carbocycles. The highest BCUT2D eigenvalue weighted by atomic mass is 14.3. The summed E-state index contributed by atoms with van der Waals surface area (Å²) >= 11 is 0. The Morgan fingerprint density at radius 1 is 0.529 bits per heavy atom. The Morgan fingerprint density at radius 3 is 1.35 bits per heavy atom. The van der Waals surface area contributed by atoms with Gasteiger partial charge < -0.3 is 0 Å². The topological polar surface area (TPSA) is 0 Å². The maximum atomic E-state index is 2.39. The van der Waals surface area contributed by atoms with Gasteiger partial charge in [0.15, 0.2) is 0 Å². The summed E-state index contributed by atoms with van der Waals surface area (Å²) in [6.07, 6.45) is 10.3. The normalized spacial score (nSPS) is 42.5. The van der Waals surface area contributed by atoms with Crippen molar-refractivity contribution in [1.82, 2.24) is 0 Å². The zero-order valence-corrected chi connectivity index (χ0v) is 12.8. The minimum absolute atomic E-state index is 0.980. The maximum absolute atomic E-state index is 2.39. The molecule has 2 aliphatic rings. The molecule has 5 atom stereocenters. The lowest BCUT2D eigenvalue weighted by Gasteiger charge is -2.29. The van der Waals surface area contributed by atoms with Crippen molar-refractivity contribution >= 4 is 0 Å². The summed E-state index contributed by atoms with van der Waals surface area (Å²) in [6.45, 7) is 11.9. The van der Waals surface area contributed by atoms with E-state index < -0.39 is 0 Å². The smallest absolute Gasteiger partial charge is 0.0414 e. The van der Waals surface area contributed by atoms with E-state index in [1.54, 1.807) is 0 Å². The fraction of sp³-hybridized carbons (Fsp3) is 1.00. The molecule has 2 saturated carbocycles. The van der Waals surface area contributed by atoms with Crippen LogP contribution in [0, 0.1) is 29.6 Å². The van der Waals surface area contributed by atoms with Crippen molar-refractivity contribution < 1.29 is 0 Å². The first-order chi connectivity index (χ1) is 8.00. The fourth-order valence-electron chi connectivity index (χ4n) is 3.32. The monoisotopic (exact) mass is 238 g/mol. The van der Waals surface area contributed by atoms with E-state index >= 15 is 0 Å². The molecule has 0 radical (unpaired) electrons. The van der Waals surface area contributed by atoms with Crippen LogP contribution in [0.5, 0.6) is 0 Å². The number of hydrogen-bond donors (Lipinski definition) is 0. The molecule has 0 heterocycles. The third kappa shape index (κ3) is 5.44. The molecule has 0 bridgehead atoms. The first kappa shape index (κ1) is 15.1. The van der Waals surface area contributed by atoms with Crippen molar-refractivity contribution in [3.8, 4) is 0 Å². The third-order valence-corrected chi connectivity index (χ3v) is 5.40. The van der Waals surface area contributed by atoms with Gasteiger partial charge in [-0.15, -0.1) is 0 Å². The summed E-state index contributed by atoms with van der Waals surface area (Å²) in [6, 6.07) is 0. The van der Waals surface area contributed by atoms with Crippen LogP contribution in [0.15, 0.2) is 0 Å². The molecule has 0 aromatic rings. The van der Waals surface area contributed by atoms with E-state index in [1.165, 1.54) is 44.9 Å². The Balaban J connectivity index is 0.000000171. The van der Waals surface area contributed by atoms with E-state index in [1.807, 2.05) is 0 Å². The van der Waals surface area contributed by atoms with Crippen LogP contribution in [-0.2, 0) is 0 Å². The summed E-state index contributed by atoms with van der Waals surface area (Å²) in [5, 5.41) is 0. The van der Waals surface area contributed by atoms with Crippen molar-refractivity contribution in [3.63, 3.8) is 0 Å². The highest BCUT2D eigenvalue weighted by Gasteiger charge is 2.20. The summed E-state index contributed by atoms with van der Waals surface area (Å²) in [5.74, 6) is 4.97. The fourth-order valence-corrected chi connectivity index (χ4v) is 3.32. The van der Waals surface area contributed by atoms with Crippen molar-refractivity contribution in [2.75, 3.05) is 0 Å². The maximum Gasteiger partial charge on any atom is -0.0414 e. The van der Waals surface area contributed by atoms with Gasteiger partial charge in [0.05, 0.1) is 0 Å². The van der Waals surface area contributed by atoms with Gasteiger partial charge in [0.2, 0.25) is 0 Å². The highest BCUT2D eigenvalue weighted by molar-refractivity contribution is 4.72. The minimum atomic E-state index is 0.980. The molecule has 2 rings (SSSR count). The van der Waals surface area contributed by atoms with Gasteiger partial charge in [-0.1, -0.05) is 73.1 Å². The van der Waals surface area contributed by atoms with Gasteiger partial charge in [0.25, 0.3) is 0 Å². The third-order valence-electron chi connectivity index (χ3n) is 5.40. The van der Waals surface area contributed by atoms with E-state index in [9.17, 15) is 0 Å². The Morgan fingerprint density at radius 2 is 1.00 bits per heavy atom. The van der Waals surface area contributed by atoms with Gasteiger partial charge in [-0.3, -0.25) is 0 Å². The molecule has 0 aliphatic heterocycles.